The predicted molar refractivity (Wildman–Crippen MR) is 50.8 cm³/mol. The van der Waals surface area contributed by atoms with Crippen LogP contribution in [0.25, 0.3) is 0 Å². The van der Waals surface area contributed by atoms with Crippen molar-refractivity contribution in [2.24, 2.45) is 0 Å². The molecule has 4 nitrogen and oxygen atoms in total. The van der Waals surface area contributed by atoms with E-state index in [0.29, 0.717) is 0 Å². The number of carbonyl (C=O) groups is 1. The first kappa shape index (κ1) is 13.2. The Hall–Kier alpha value is -0.840. The van der Waals surface area contributed by atoms with Gasteiger partial charge in [-0.2, -0.15) is 0 Å². The number of halogens is 1. The summed E-state index contributed by atoms with van der Waals surface area (Å²) in [6.07, 6.45) is -0.685. The molecule has 0 spiro atoms. The van der Waals surface area contributed by atoms with Gasteiger partial charge in [0.1, 0.15) is 11.3 Å². The Bertz CT molecular complexity index is 199. The first-order valence-electron chi connectivity index (χ1n) is 4.43. The van der Waals surface area contributed by atoms with E-state index < -0.39 is 24.0 Å². The summed E-state index contributed by atoms with van der Waals surface area (Å²) in [5.74, 6) is 0. The van der Waals surface area contributed by atoms with Gasteiger partial charge < -0.3 is 15.2 Å². The van der Waals surface area contributed by atoms with E-state index in [-0.39, 0.29) is 6.54 Å². The van der Waals surface area contributed by atoms with Gasteiger partial charge in [-0.1, -0.05) is 0 Å². The largest absolute Gasteiger partial charge is 0.444 e. The van der Waals surface area contributed by atoms with Gasteiger partial charge >= 0.3 is 6.09 Å². The maximum absolute atomic E-state index is 13.1. The summed E-state index contributed by atoms with van der Waals surface area (Å²) in [5, 5.41) is 10.8. The highest BCUT2D eigenvalue weighted by molar-refractivity contribution is 5.67. The van der Waals surface area contributed by atoms with Crippen molar-refractivity contribution in [3.8, 4) is 0 Å². The number of carbonyl (C=O) groups excluding carboxylic acids is 1. The van der Waals surface area contributed by atoms with Gasteiger partial charge in [0.2, 0.25) is 0 Å². The summed E-state index contributed by atoms with van der Waals surface area (Å²) in [4.78, 5) is 11.0. The topological polar surface area (TPSA) is 58.6 Å². The molecule has 1 atom stereocenters. The van der Waals surface area contributed by atoms with Crippen LogP contribution in [-0.2, 0) is 4.74 Å². The molecular weight excluding hydrogens is 189 g/mol. The number of rotatable bonds is 3. The Labute approximate surface area is 83.4 Å². The molecule has 0 aliphatic heterocycles. The molecule has 0 rings (SSSR count). The van der Waals surface area contributed by atoms with Gasteiger partial charge in [0.25, 0.3) is 0 Å². The zero-order chi connectivity index (χ0) is 11.4. The van der Waals surface area contributed by atoms with E-state index in [9.17, 15) is 9.18 Å². The van der Waals surface area contributed by atoms with Crippen LogP contribution < -0.4 is 5.32 Å². The summed E-state index contributed by atoms with van der Waals surface area (Å²) in [7, 11) is 0. The molecule has 0 radical (unpaired) electrons. The second kappa shape index (κ2) is 4.59. The number of aliphatic hydroxyl groups is 1. The third kappa shape index (κ3) is 6.65. The molecule has 5 heteroatoms. The standard InChI is InChI=1S/C9H18FNO3/c1-8(2,3)14-7(13)11-5-9(4,10)6-12/h12H,5-6H2,1-4H3,(H,11,13). The van der Waals surface area contributed by atoms with Gasteiger partial charge in [-0.15, -0.1) is 0 Å². The second-order valence-corrected chi connectivity index (χ2v) is 4.43. The number of ether oxygens (including phenoxy) is 1. The Morgan fingerprint density at radius 3 is 2.29 bits per heavy atom. The molecule has 0 fully saturated rings. The van der Waals surface area contributed by atoms with Crippen LogP contribution in [0, 0.1) is 0 Å². The highest BCUT2D eigenvalue weighted by atomic mass is 19.1. The first-order chi connectivity index (χ1) is 6.16. The van der Waals surface area contributed by atoms with E-state index in [1.807, 2.05) is 0 Å². The summed E-state index contributed by atoms with van der Waals surface area (Å²) >= 11 is 0. The number of hydrogen-bond acceptors (Lipinski definition) is 3. The fourth-order valence-electron chi connectivity index (χ4n) is 0.627. The van der Waals surface area contributed by atoms with Gasteiger partial charge in [0.05, 0.1) is 13.2 Å². The molecule has 1 unspecified atom stereocenters. The van der Waals surface area contributed by atoms with Crippen molar-refractivity contribution < 1.29 is 19.0 Å². The molecule has 0 saturated carbocycles. The fraction of sp³-hybridized carbons (Fsp3) is 0.889. The average molecular weight is 207 g/mol. The number of amides is 1. The fourth-order valence-corrected chi connectivity index (χ4v) is 0.627. The minimum atomic E-state index is -1.81. The van der Waals surface area contributed by atoms with E-state index in [4.69, 9.17) is 9.84 Å². The van der Waals surface area contributed by atoms with Crippen LogP contribution in [0.1, 0.15) is 27.7 Å². The first-order valence-corrected chi connectivity index (χ1v) is 4.43. The SMILES string of the molecule is CC(F)(CO)CNC(=O)OC(C)(C)C. The summed E-state index contributed by atoms with van der Waals surface area (Å²) in [6.45, 7) is 5.44. The molecule has 2 N–H and O–H groups in total. The smallest absolute Gasteiger partial charge is 0.407 e. The highest BCUT2D eigenvalue weighted by Crippen LogP contribution is 2.09. The maximum atomic E-state index is 13.1. The lowest BCUT2D eigenvalue weighted by molar-refractivity contribution is 0.0426. The van der Waals surface area contributed by atoms with Crippen LogP contribution in [-0.4, -0.2) is 35.6 Å². The zero-order valence-corrected chi connectivity index (χ0v) is 9.06. The highest BCUT2D eigenvalue weighted by Gasteiger charge is 2.24. The van der Waals surface area contributed by atoms with Gasteiger partial charge in [-0.05, 0) is 27.7 Å². The predicted octanol–water partition coefficient (Wildman–Crippen LogP) is 1.23. The van der Waals surface area contributed by atoms with Crippen LogP contribution in [0.15, 0.2) is 0 Å². The second-order valence-electron chi connectivity index (χ2n) is 4.43. The minimum Gasteiger partial charge on any atom is -0.444 e. The lowest BCUT2D eigenvalue weighted by Crippen LogP contribution is -2.42. The number of hydrogen-bond donors (Lipinski definition) is 2. The normalized spacial score (nSPS) is 15.9. The van der Waals surface area contributed by atoms with Crippen molar-refractivity contribution >= 4 is 6.09 Å². The van der Waals surface area contributed by atoms with Crippen LogP contribution >= 0.6 is 0 Å². The lowest BCUT2D eigenvalue weighted by atomic mass is 10.1. The molecule has 0 heterocycles. The van der Waals surface area contributed by atoms with Crippen molar-refractivity contribution in [2.75, 3.05) is 13.2 Å². The summed E-state index contributed by atoms with van der Waals surface area (Å²) in [6, 6.07) is 0. The van der Waals surface area contributed by atoms with Gasteiger partial charge in [-0.3, -0.25) is 0 Å². The van der Waals surface area contributed by atoms with Crippen LogP contribution in [0.5, 0.6) is 0 Å². The van der Waals surface area contributed by atoms with Crippen molar-refractivity contribution in [1.82, 2.24) is 5.32 Å². The molecule has 0 bridgehead atoms. The third-order valence-electron chi connectivity index (χ3n) is 1.33. The lowest BCUT2D eigenvalue weighted by Gasteiger charge is -2.22. The number of alkyl halides is 1. The Balaban J connectivity index is 3.87. The zero-order valence-electron chi connectivity index (χ0n) is 9.06. The minimum absolute atomic E-state index is 0.265. The molecule has 1 amide bonds. The maximum Gasteiger partial charge on any atom is 0.407 e. The third-order valence-corrected chi connectivity index (χ3v) is 1.33. The molecule has 84 valence electrons. The Morgan fingerprint density at radius 2 is 1.93 bits per heavy atom. The van der Waals surface area contributed by atoms with Gasteiger partial charge in [0, 0.05) is 0 Å². The van der Waals surface area contributed by atoms with E-state index in [1.54, 1.807) is 20.8 Å². The number of alkyl carbamates (subject to hydrolysis) is 1. The number of nitrogens with one attached hydrogen (secondary N) is 1. The van der Waals surface area contributed by atoms with Crippen molar-refractivity contribution in [1.29, 1.82) is 0 Å². The Morgan fingerprint density at radius 1 is 1.43 bits per heavy atom. The number of aliphatic hydroxyl groups excluding tert-OH is 1. The molecule has 0 aromatic heterocycles. The molecule has 0 aromatic carbocycles. The van der Waals surface area contributed by atoms with E-state index in [0.717, 1.165) is 0 Å². The van der Waals surface area contributed by atoms with Crippen LogP contribution in [0.3, 0.4) is 0 Å². The van der Waals surface area contributed by atoms with Gasteiger partial charge in [0.15, 0.2) is 0 Å². The molecule has 14 heavy (non-hydrogen) atoms. The summed E-state index contributed by atoms with van der Waals surface area (Å²) in [5.41, 5.74) is -2.41. The van der Waals surface area contributed by atoms with Crippen molar-refractivity contribution in [2.45, 2.75) is 39.0 Å². The summed E-state index contributed by atoms with van der Waals surface area (Å²) < 4.78 is 18.0. The Kier molecular flexibility index (Phi) is 4.32. The van der Waals surface area contributed by atoms with E-state index in [2.05, 4.69) is 5.32 Å². The van der Waals surface area contributed by atoms with Crippen LogP contribution in [0.2, 0.25) is 0 Å². The van der Waals surface area contributed by atoms with E-state index in [1.165, 1.54) is 6.92 Å². The molecule has 0 saturated heterocycles. The van der Waals surface area contributed by atoms with E-state index >= 15 is 0 Å². The molecular formula is C9H18FNO3. The molecule has 0 aliphatic carbocycles. The monoisotopic (exact) mass is 207 g/mol. The molecule has 0 aliphatic rings. The van der Waals surface area contributed by atoms with Gasteiger partial charge in [-0.25, -0.2) is 9.18 Å². The molecule has 0 aromatic rings. The quantitative estimate of drug-likeness (QED) is 0.731. The van der Waals surface area contributed by atoms with Crippen molar-refractivity contribution in [3.05, 3.63) is 0 Å². The van der Waals surface area contributed by atoms with Crippen LogP contribution in [0.4, 0.5) is 9.18 Å². The van der Waals surface area contributed by atoms with Crippen molar-refractivity contribution in [3.63, 3.8) is 0 Å². The average Bonchev–Trinajstić information content (AvgIpc) is 1.98.